The Kier molecular flexibility index (Phi) is 10.1. The zero-order chi connectivity index (χ0) is 25.2. The van der Waals surface area contributed by atoms with Crippen LogP contribution in [-0.4, -0.2) is 33.2 Å². The summed E-state index contributed by atoms with van der Waals surface area (Å²) in [6, 6.07) is 21.5. The first kappa shape index (κ1) is 27.9. The number of nitrogens with one attached hydrogen (secondary N) is 1. The molecule has 0 saturated heterocycles. The van der Waals surface area contributed by atoms with Crippen molar-refractivity contribution in [1.29, 1.82) is 0 Å². The SMILES string of the molecule is C/C(=C\CNC(=O)OC(C)(C)C)CCCCO[Si](c1ccccc1)(c1ccccc1)C(C)(C)C. The number of ether oxygens (including phenoxy) is 1. The summed E-state index contributed by atoms with van der Waals surface area (Å²) in [5.74, 6) is 0. The number of alkyl carbamates (subject to hydrolysis) is 1. The van der Waals surface area contributed by atoms with Gasteiger partial charge in [-0.25, -0.2) is 4.79 Å². The maximum absolute atomic E-state index is 11.8. The lowest BCUT2D eigenvalue weighted by Crippen LogP contribution is -2.66. The van der Waals surface area contributed by atoms with E-state index in [4.69, 9.17) is 9.16 Å². The number of benzene rings is 2. The maximum Gasteiger partial charge on any atom is 0.407 e. The summed E-state index contributed by atoms with van der Waals surface area (Å²) in [4.78, 5) is 11.8. The Morgan fingerprint density at radius 1 is 0.882 bits per heavy atom. The number of carbonyl (C=O) groups is 1. The van der Waals surface area contributed by atoms with Gasteiger partial charge in [0, 0.05) is 13.2 Å². The van der Waals surface area contributed by atoms with Gasteiger partial charge in [-0.1, -0.05) is 93.1 Å². The third kappa shape index (κ3) is 8.14. The van der Waals surface area contributed by atoms with Gasteiger partial charge in [-0.3, -0.25) is 0 Å². The molecule has 0 saturated carbocycles. The van der Waals surface area contributed by atoms with Crippen molar-refractivity contribution in [2.24, 2.45) is 0 Å². The van der Waals surface area contributed by atoms with E-state index in [1.807, 2.05) is 20.8 Å². The number of carbonyl (C=O) groups excluding carboxylic acids is 1. The fourth-order valence-corrected chi connectivity index (χ4v) is 8.82. The van der Waals surface area contributed by atoms with Crippen molar-refractivity contribution in [2.45, 2.75) is 78.4 Å². The molecule has 2 rings (SSSR count). The van der Waals surface area contributed by atoms with Crippen LogP contribution in [0.1, 0.15) is 67.7 Å². The monoisotopic (exact) mass is 481 g/mol. The highest BCUT2D eigenvalue weighted by molar-refractivity contribution is 6.99. The molecule has 0 aromatic heterocycles. The van der Waals surface area contributed by atoms with Crippen molar-refractivity contribution < 1.29 is 14.0 Å². The van der Waals surface area contributed by atoms with E-state index >= 15 is 0 Å². The van der Waals surface area contributed by atoms with Gasteiger partial charge in [-0.15, -0.1) is 0 Å². The molecule has 0 aliphatic heterocycles. The van der Waals surface area contributed by atoms with Gasteiger partial charge < -0.3 is 14.5 Å². The molecule has 4 nitrogen and oxygen atoms in total. The van der Waals surface area contributed by atoms with Gasteiger partial charge in [0.1, 0.15) is 5.60 Å². The van der Waals surface area contributed by atoms with Crippen LogP contribution < -0.4 is 15.7 Å². The van der Waals surface area contributed by atoms with Crippen molar-refractivity contribution in [2.75, 3.05) is 13.2 Å². The second-order valence-corrected chi connectivity index (χ2v) is 15.2. The highest BCUT2D eigenvalue weighted by atomic mass is 28.4. The molecule has 0 unspecified atom stereocenters. The van der Waals surface area contributed by atoms with E-state index in [0.29, 0.717) is 6.54 Å². The van der Waals surface area contributed by atoms with Crippen LogP contribution >= 0.6 is 0 Å². The van der Waals surface area contributed by atoms with Crippen molar-refractivity contribution in [3.8, 4) is 0 Å². The first-order valence-electron chi connectivity index (χ1n) is 12.3. The van der Waals surface area contributed by atoms with Gasteiger partial charge >= 0.3 is 6.09 Å². The average molecular weight is 482 g/mol. The largest absolute Gasteiger partial charge is 0.444 e. The zero-order valence-corrected chi connectivity index (χ0v) is 23.1. The lowest BCUT2D eigenvalue weighted by atomic mass is 10.1. The molecule has 0 fully saturated rings. The summed E-state index contributed by atoms with van der Waals surface area (Å²) in [7, 11) is -2.46. The molecular weight excluding hydrogens is 438 g/mol. The summed E-state index contributed by atoms with van der Waals surface area (Å²) in [6.45, 7) is 15.8. The van der Waals surface area contributed by atoms with Crippen LogP contribution in [0.25, 0.3) is 0 Å². The predicted octanol–water partition coefficient (Wildman–Crippen LogP) is 6.20. The molecule has 0 aliphatic rings. The Balaban J connectivity index is 1.97. The Morgan fingerprint density at radius 2 is 1.41 bits per heavy atom. The van der Waals surface area contributed by atoms with E-state index in [-0.39, 0.29) is 11.1 Å². The smallest absolute Gasteiger partial charge is 0.407 e. The van der Waals surface area contributed by atoms with E-state index in [1.165, 1.54) is 15.9 Å². The van der Waals surface area contributed by atoms with Gasteiger partial charge in [-0.05, 0) is 62.4 Å². The Morgan fingerprint density at radius 3 is 1.88 bits per heavy atom. The van der Waals surface area contributed by atoms with Crippen molar-refractivity contribution in [3.63, 3.8) is 0 Å². The van der Waals surface area contributed by atoms with Crippen molar-refractivity contribution in [3.05, 3.63) is 72.3 Å². The number of amides is 1. The number of allylic oxidation sites excluding steroid dienone is 1. The molecule has 0 heterocycles. The zero-order valence-electron chi connectivity index (χ0n) is 22.1. The Hall–Kier alpha value is -2.37. The fraction of sp³-hybridized carbons (Fsp3) is 0.483. The number of rotatable bonds is 10. The summed E-state index contributed by atoms with van der Waals surface area (Å²) < 4.78 is 12.2. The normalized spacial score (nSPS) is 13.0. The third-order valence-corrected chi connectivity index (χ3v) is 10.8. The molecule has 34 heavy (non-hydrogen) atoms. The average Bonchev–Trinajstić information content (AvgIpc) is 2.75. The van der Waals surface area contributed by atoms with Gasteiger partial charge in [0.25, 0.3) is 8.32 Å². The van der Waals surface area contributed by atoms with Gasteiger partial charge in [0.05, 0.1) is 0 Å². The van der Waals surface area contributed by atoms with Crippen LogP contribution in [0.15, 0.2) is 72.3 Å². The van der Waals surface area contributed by atoms with Crippen LogP contribution in [0.2, 0.25) is 5.04 Å². The fourth-order valence-electron chi connectivity index (χ4n) is 4.22. The highest BCUT2D eigenvalue weighted by Gasteiger charge is 2.49. The van der Waals surface area contributed by atoms with E-state index in [2.05, 4.69) is 99.8 Å². The summed E-state index contributed by atoms with van der Waals surface area (Å²) in [5, 5.41) is 5.42. The second-order valence-electron chi connectivity index (χ2n) is 10.9. The Bertz CT molecular complexity index is 872. The number of unbranched alkanes of at least 4 members (excludes halogenated alkanes) is 1. The van der Waals surface area contributed by atoms with Crippen LogP contribution in [-0.2, 0) is 9.16 Å². The van der Waals surface area contributed by atoms with Crippen molar-refractivity contribution >= 4 is 24.8 Å². The lowest BCUT2D eigenvalue weighted by Gasteiger charge is -2.43. The van der Waals surface area contributed by atoms with E-state index in [0.717, 1.165) is 25.9 Å². The molecule has 1 N–H and O–H groups in total. The lowest BCUT2D eigenvalue weighted by molar-refractivity contribution is 0.0534. The maximum atomic E-state index is 11.8. The topological polar surface area (TPSA) is 47.6 Å². The molecule has 0 atom stereocenters. The predicted molar refractivity (Wildman–Crippen MR) is 145 cm³/mol. The van der Waals surface area contributed by atoms with E-state index < -0.39 is 13.9 Å². The quantitative estimate of drug-likeness (QED) is 0.249. The summed E-state index contributed by atoms with van der Waals surface area (Å²) >= 11 is 0. The molecule has 1 amide bonds. The first-order valence-corrected chi connectivity index (χ1v) is 14.2. The van der Waals surface area contributed by atoms with Gasteiger partial charge in [0.15, 0.2) is 0 Å². The molecule has 186 valence electrons. The van der Waals surface area contributed by atoms with Gasteiger partial charge in [0.2, 0.25) is 0 Å². The first-order chi connectivity index (χ1) is 16.0. The molecule has 2 aromatic carbocycles. The number of hydrogen-bond donors (Lipinski definition) is 1. The summed E-state index contributed by atoms with van der Waals surface area (Å²) in [5.41, 5.74) is 0.787. The second kappa shape index (κ2) is 12.4. The number of hydrogen-bond acceptors (Lipinski definition) is 3. The van der Waals surface area contributed by atoms with Crippen LogP contribution in [0.5, 0.6) is 0 Å². The minimum atomic E-state index is -2.46. The molecule has 2 aromatic rings. The highest BCUT2D eigenvalue weighted by Crippen LogP contribution is 2.36. The summed E-state index contributed by atoms with van der Waals surface area (Å²) in [6.07, 6.45) is 4.71. The minimum Gasteiger partial charge on any atom is -0.444 e. The van der Waals surface area contributed by atoms with Crippen LogP contribution in [0, 0.1) is 0 Å². The molecule has 0 bridgehead atoms. The molecule has 0 aliphatic carbocycles. The standard InChI is InChI=1S/C29H43NO3Si/c1-24(21-22-30-27(31)33-28(2,3)4)16-14-15-23-32-34(29(5,6)7,25-17-10-8-11-18-25)26-19-12-9-13-20-26/h8-13,17-21H,14-16,22-23H2,1-7H3,(H,30,31)/b24-21+. The van der Waals surface area contributed by atoms with Crippen LogP contribution in [0.3, 0.4) is 0 Å². The molecule has 0 spiro atoms. The minimum absolute atomic E-state index is 0.00113. The van der Waals surface area contributed by atoms with Gasteiger partial charge in [-0.2, -0.15) is 0 Å². The Labute approximate surface area is 207 Å². The molecule has 0 radical (unpaired) electrons. The van der Waals surface area contributed by atoms with Crippen LogP contribution in [0.4, 0.5) is 4.79 Å². The van der Waals surface area contributed by atoms with E-state index in [1.54, 1.807) is 0 Å². The molecular formula is C29H43NO3Si. The third-order valence-electron chi connectivity index (χ3n) is 5.80. The molecule has 5 heteroatoms. The van der Waals surface area contributed by atoms with Crippen molar-refractivity contribution in [1.82, 2.24) is 5.32 Å². The van der Waals surface area contributed by atoms with E-state index in [9.17, 15) is 4.79 Å².